The van der Waals surface area contributed by atoms with Crippen molar-refractivity contribution in [1.29, 1.82) is 0 Å². The molecule has 0 aromatic heterocycles. The van der Waals surface area contributed by atoms with Gasteiger partial charge >= 0.3 is 5.97 Å². The summed E-state index contributed by atoms with van der Waals surface area (Å²) in [6.07, 6.45) is 3.25. The molecule has 24 heavy (non-hydrogen) atoms. The maximum absolute atomic E-state index is 12.5. The van der Waals surface area contributed by atoms with Crippen molar-refractivity contribution in [3.8, 4) is 5.75 Å². The number of nitrogens with one attached hydrogen (secondary N) is 1. The number of rotatable bonds is 7. The van der Waals surface area contributed by atoms with Crippen LogP contribution in [0, 0.1) is 0 Å². The van der Waals surface area contributed by atoms with Crippen molar-refractivity contribution in [1.82, 2.24) is 5.32 Å². The van der Waals surface area contributed by atoms with Gasteiger partial charge in [-0.1, -0.05) is 25.0 Å². The summed E-state index contributed by atoms with van der Waals surface area (Å²) >= 11 is 0. The van der Waals surface area contributed by atoms with Crippen molar-refractivity contribution < 1.29 is 27.9 Å². The number of hydrogen-bond acceptors (Lipinski definition) is 5. The highest BCUT2D eigenvalue weighted by Gasteiger charge is 2.49. The smallest absolute Gasteiger partial charge is 0.341 e. The van der Waals surface area contributed by atoms with Gasteiger partial charge < -0.3 is 15.2 Å². The molecule has 0 heterocycles. The molecule has 2 N–H and O–H groups in total. The zero-order valence-corrected chi connectivity index (χ0v) is 14.3. The zero-order chi connectivity index (χ0) is 17.8. The van der Waals surface area contributed by atoms with Crippen LogP contribution in [0.4, 0.5) is 0 Å². The number of benzene rings is 1. The fraction of sp³-hybridized carbons (Fsp3) is 0.500. The Labute approximate surface area is 140 Å². The van der Waals surface area contributed by atoms with Crippen molar-refractivity contribution in [3.63, 3.8) is 0 Å². The van der Waals surface area contributed by atoms with Crippen LogP contribution < -0.4 is 10.1 Å². The predicted molar refractivity (Wildman–Crippen MR) is 87.5 cm³/mol. The van der Waals surface area contributed by atoms with Crippen LogP contribution >= 0.6 is 0 Å². The molecule has 0 atom stereocenters. The van der Waals surface area contributed by atoms with Crippen molar-refractivity contribution in [2.45, 2.75) is 37.0 Å². The first-order valence-electron chi connectivity index (χ1n) is 7.66. The van der Waals surface area contributed by atoms with Gasteiger partial charge in [-0.05, 0) is 30.5 Å². The average molecular weight is 355 g/mol. The maximum atomic E-state index is 12.5. The molecule has 132 valence electrons. The molecule has 1 aromatic carbocycles. The van der Waals surface area contributed by atoms with E-state index in [1.165, 1.54) is 0 Å². The Kier molecular flexibility index (Phi) is 5.48. The Balaban J connectivity index is 2.03. The molecule has 0 radical (unpaired) electrons. The number of carbonyl (C=O) groups is 2. The summed E-state index contributed by atoms with van der Waals surface area (Å²) in [5.74, 6) is -1.17. The van der Waals surface area contributed by atoms with Crippen molar-refractivity contribution in [2.75, 3.05) is 12.9 Å². The second-order valence-corrected chi connectivity index (χ2v) is 8.31. The third kappa shape index (κ3) is 4.05. The number of carboxylic acids is 1. The van der Waals surface area contributed by atoms with Crippen LogP contribution in [0.25, 0.3) is 0 Å². The van der Waals surface area contributed by atoms with E-state index in [1.807, 2.05) is 0 Å². The first-order chi connectivity index (χ1) is 11.2. The van der Waals surface area contributed by atoms with E-state index < -0.39 is 33.1 Å². The third-order valence-corrected chi connectivity index (χ3v) is 6.26. The average Bonchev–Trinajstić information content (AvgIpc) is 3.02. The SMILES string of the molecule is CS(=O)(=O)C1(C(=O)NCc2cccc(OCC(=O)O)c2)CCCC1. The number of sulfone groups is 1. The molecular formula is C16H21NO6S. The van der Waals surface area contributed by atoms with Gasteiger partial charge in [-0.25, -0.2) is 13.2 Å². The molecular weight excluding hydrogens is 334 g/mol. The summed E-state index contributed by atoms with van der Waals surface area (Å²) in [6.45, 7) is -0.298. The van der Waals surface area contributed by atoms with E-state index in [0.29, 0.717) is 24.2 Å². The molecule has 0 bridgehead atoms. The molecule has 0 saturated heterocycles. The largest absolute Gasteiger partial charge is 0.482 e. The van der Waals surface area contributed by atoms with E-state index in [2.05, 4.69) is 5.32 Å². The third-order valence-electron chi connectivity index (χ3n) is 4.25. The normalized spacial score (nSPS) is 16.5. The highest BCUT2D eigenvalue weighted by Crippen LogP contribution is 2.36. The fourth-order valence-corrected chi connectivity index (χ4v) is 4.39. The number of hydrogen-bond donors (Lipinski definition) is 2. The van der Waals surface area contributed by atoms with Gasteiger partial charge in [-0.15, -0.1) is 0 Å². The molecule has 1 aromatic rings. The number of carboxylic acid groups (broad SMARTS) is 1. The first-order valence-corrected chi connectivity index (χ1v) is 9.55. The zero-order valence-electron chi connectivity index (χ0n) is 13.4. The Hall–Kier alpha value is -2.09. The summed E-state index contributed by atoms with van der Waals surface area (Å²) < 4.78 is 27.9. The summed E-state index contributed by atoms with van der Waals surface area (Å²) in [5, 5.41) is 11.3. The predicted octanol–water partition coefficient (Wildman–Crippen LogP) is 1.12. The van der Waals surface area contributed by atoms with Crippen LogP contribution in [0.15, 0.2) is 24.3 Å². The minimum absolute atomic E-state index is 0.153. The van der Waals surface area contributed by atoms with Crippen LogP contribution in [0.5, 0.6) is 5.75 Å². The Morgan fingerprint density at radius 2 is 1.96 bits per heavy atom. The highest BCUT2D eigenvalue weighted by molar-refractivity contribution is 7.92. The molecule has 0 aliphatic heterocycles. The van der Waals surface area contributed by atoms with Gasteiger partial charge in [-0.3, -0.25) is 4.79 Å². The number of ether oxygens (including phenoxy) is 1. The first kappa shape index (κ1) is 18.3. The van der Waals surface area contributed by atoms with Crippen molar-refractivity contribution >= 4 is 21.7 Å². The van der Waals surface area contributed by atoms with E-state index >= 15 is 0 Å². The molecule has 1 aliphatic carbocycles. The van der Waals surface area contributed by atoms with Gasteiger partial charge in [0, 0.05) is 12.8 Å². The molecule has 1 amide bonds. The fourth-order valence-electron chi connectivity index (χ4n) is 2.95. The van der Waals surface area contributed by atoms with Gasteiger partial charge in [0.05, 0.1) is 0 Å². The number of aliphatic carboxylic acids is 1. The minimum Gasteiger partial charge on any atom is -0.482 e. The summed E-state index contributed by atoms with van der Waals surface area (Å²) in [7, 11) is -3.50. The van der Waals surface area contributed by atoms with Crippen LogP contribution in [-0.4, -0.2) is 43.0 Å². The maximum Gasteiger partial charge on any atom is 0.341 e. The van der Waals surface area contributed by atoms with Gasteiger partial charge in [0.1, 0.15) is 10.5 Å². The van der Waals surface area contributed by atoms with Crippen LogP contribution in [0.1, 0.15) is 31.2 Å². The lowest BCUT2D eigenvalue weighted by Gasteiger charge is -2.25. The summed E-state index contributed by atoms with van der Waals surface area (Å²) in [4.78, 5) is 23.0. The molecule has 1 saturated carbocycles. The summed E-state index contributed by atoms with van der Waals surface area (Å²) in [5.41, 5.74) is 0.702. The number of carbonyl (C=O) groups excluding carboxylic acids is 1. The molecule has 7 nitrogen and oxygen atoms in total. The Morgan fingerprint density at radius 3 is 2.54 bits per heavy atom. The van der Waals surface area contributed by atoms with E-state index in [-0.39, 0.29) is 6.54 Å². The van der Waals surface area contributed by atoms with Crippen molar-refractivity contribution in [3.05, 3.63) is 29.8 Å². The summed E-state index contributed by atoms with van der Waals surface area (Å²) in [6, 6.07) is 6.66. The lowest BCUT2D eigenvalue weighted by molar-refractivity contribution is -0.139. The van der Waals surface area contributed by atoms with E-state index in [9.17, 15) is 18.0 Å². The van der Waals surface area contributed by atoms with Gasteiger partial charge in [-0.2, -0.15) is 0 Å². The van der Waals surface area contributed by atoms with Gasteiger partial charge in [0.15, 0.2) is 16.4 Å². The lowest BCUT2D eigenvalue weighted by atomic mass is 10.1. The molecule has 1 aliphatic rings. The topological polar surface area (TPSA) is 110 Å². The van der Waals surface area contributed by atoms with E-state index in [0.717, 1.165) is 19.1 Å². The standard InChI is InChI=1S/C16H21NO6S/c1-24(21,22)16(7-2-3-8-16)15(20)17-10-12-5-4-6-13(9-12)23-11-14(18)19/h4-6,9H,2-3,7-8,10-11H2,1H3,(H,17,20)(H,18,19). The van der Waals surface area contributed by atoms with E-state index in [1.54, 1.807) is 24.3 Å². The van der Waals surface area contributed by atoms with Crippen LogP contribution in [0.3, 0.4) is 0 Å². The number of amides is 1. The van der Waals surface area contributed by atoms with Crippen LogP contribution in [0.2, 0.25) is 0 Å². The van der Waals surface area contributed by atoms with Crippen LogP contribution in [-0.2, 0) is 26.0 Å². The molecule has 1 fully saturated rings. The molecule has 0 unspecified atom stereocenters. The Morgan fingerprint density at radius 1 is 1.29 bits per heavy atom. The van der Waals surface area contributed by atoms with E-state index in [4.69, 9.17) is 9.84 Å². The monoisotopic (exact) mass is 355 g/mol. The molecule has 0 spiro atoms. The lowest BCUT2D eigenvalue weighted by Crippen LogP contribution is -2.49. The second kappa shape index (κ2) is 7.21. The highest BCUT2D eigenvalue weighted by atomic mass is 32.2. The molecule has 8 heteroatoms. The molecule has 2 rings (SSSR count). The van der Waals surface area contributed by atoms with Crippen molar-refractivity contribution in [2.24, 2.45) is 0 Å². The Bertz CT molecular complexity index is 722. The second-order valence-electron chi connectivity index (χ2n) is 5.99. The van der Waals surface area contributed by atoms with Gasteiger partial charge in [0.25, 0.3) is 0 Å². The minimum atomic E-state index is -3.50. The van der Waals surface area contributed by atoms with Gasteiger partial charge in [0.2, 0.25) is 5.91 Å². The quantitative estimate of drug-likeness (QED) is 0.758.